The van der Waals surface area contributed by atoms with Gasteiger partial charge in [-0.3, -0.25) is 4.79 Å². The molecular weight excluding hydrogens is 399 g/mol. The minimum atomic E-state index is -3.41. The van der Waals surface area contributed by atoms with Crippen LogP contribution >= 0.6 is 0 Å². The maximum absolute atomic E-state index is 14.5. The van der Waals surface area contributed by atoms with Crippen molar-refractivity contribution in [3.63, 3.8) is 0 Å². The highest BCUT2D eigenvalue weighted by Gasteiger charge is 2.40. The summed E-state index contributed by atoms with van der Waals surface area (Å²) in [6.45, 7) is 0.391. The summed E-state index contributed by atoms with van der Waals surface area (Å²) in [7, 11) is -3.41. The molecule has 2 atom stereocenters. The highest BCUT2D eigenvalue weighted by atomic mass is 32.2. The fourth-order valence-electron chi connectivity index (χ4n) is 4.77. The second kappa shape index (κ2) is 8.20. The van der Waals surface area contributed by atoms with Gasteiger partial charge in [0.05, 0.1) is 25.0 Å². The van der Waals surface area contributed by atoms with Gasteiger partial charge in [0.25, 0.3) is 5.91 Å². The molecule has 0 spiro atoms. The van der Waals surface area contributed by atoms with E-state index in [4.69, 9.17) is 9.47 Å². The van der Waals surface area contributed by atoms with Gasteiger partial charge < -0.3 is 14.4 Å². The van der Waals surface area contributed by atoms with Crippen LogP contribution in [0.15, 0.2) is 18.2 Å². The summed E-state index contributed by atoms with van der Waals surface area (Å²) in [5.41, 5.74) is 0.810. The topological polar surface area (TPSA) is 84.9 Å². The van der Waals surface area contributed by atoms with Gasteiger partial charge in [-0.1, -0.05) is 12.1 Å². The average Bonchev–Trinajstić information content (AvgIpc) is 3.06. The lowest BCUT2D eigenvalue weighted by Crippen LogP contribution is -2.50. The lowest BCUT2D eigenvalue weighted by atomic mass is 9.82. The summed E-state index contributed by atoms with van der Waals surface area (Å²) < 4.78 is 52.4. The number of halogens is 1. The van der Waals surface area contributed by atoms with E-state index < -0.39 is 27.9 Å². The number of carbonyl (C=O) groups excluding carboxylic acids is 1. The normalized spacial score (nSPS) is 30.6. The third kappa shape index (κ3) is 4.57. The molecule has 1 saturated heterocycles. The van der Waals surface area contributed by atoms with Gasteiger partial charge >= 0.3 is 0 Å². The molecule has 9 heteroatoms. The van der Waals surface area contributed by atoms with Crippen LogP contribution in [0.3, 0.4) is 0 Å². The van der Waals surface area contributed by atoms with Crippen LogP contribution < -0.4 is 9.46 Å². The first kappa shape index (κ1) is 20.6. The SMILES string of the molecule is CS(=O)(=O)N[C@H]1CCN2C(=O)COc3c(F)cccc3C3CCC(CC3)OCC12. The smallest absolute Gasteiger partial charge is 0.260 e. The molecule has 160 valence electrons. The summed E-state index contributed by atoms with van der Waals surface area (Å²) in [5, 5.41) is 0. The Bertz CT molecular complexity index is 870. The van der Waals surface area contributed by atoms with E-state index in [0.29, 0.717) is 13.0 Å². The van der Waals surface area contributed by atoms with Gasteiger partial charge in [-0.05, 0) is 44.1 Å². The first-order valence-electron chi connectivity index (χ1n) is 10.1. The molecule has 1 amide bonds. The second-order valence-corrected chi connectivity index (χ2v) is 9.97. The van der Waals surface area contributed by atoms with Crippen molar-refractivity contribution in [1.29, 1.82) is 0 Å². The van der Waals surface area contributed by atoms with Gasteiger partial charge in [-0.2, -0.15) is 0 Å². The van der Waals surface area contributed by atoms with Crippen molar-refractivity contribution >= 4 is 15.9 Å². The van der Waals surface area contributed by atoms with Crippen LogP contribution in [0.5, 0.6) is 5.75 Å². The third-order valence-corrected chi connectivity index (χ3v) is 6.92. The minimum Gasteiger partial charge on any atom is -0.480 e. The molecule has 0 radical (unpaired) electrons. The van der Waals surface area contributed by atoms with Gasteiger partial charge in [-0.15, -0.1) is 0 Å². The van der Waals surface area contributed by atoms with Crippen molar-refractivity contribution in [2.75, 3.05) is 26.0 Å². The maximum atomic E-state index is 14.5. The predicted octanol–water partition coefficient (Wildman–Crippen LogP) is 1.78. The largest absolute Gasteiger partial charge is 0.480 e. The van der Waals surface area contributed by atoms with Crippen molar-refractivity contribution in [3.05, 3.63) is 29.6 Å². The van der Waals surface area contributed by atoms with E-state index >= 15 is 0 Å². The van der Waals surface area contributed by atoms with Crippen molar-refractivity contribution in [2.45, 2.75) is 56.2 Å². The number of hydrogen-bond acceptors (Lipinski definition) is 5. The summed E-state index contributed by atoms with van der Waals surface area (Å²) in [4.78, 5) is 14.5. The number of carbonyl (C=O) groups is 1. The molecule has 1 aromatic carbocycles. The van der Waals surface area contributed by atoms with Gasteiger partial charge in [0, 0.05) is 18.2 Å². The zero-order chi connectivity index (χ0) is 20.6. The Morgan fingerprint density at radius 3 is 2.66 bits per heavy atom. The van der Waals surface area contributed by atoms with Gasteiger partial charge in [0.15, 0.2) is 18.2 Å². The van der Waals surface area contributed by atoms with E-state index in [9.17, 15) is 17.6 Å². The lowest BCUT2D eigenvalue weighted by Gasteiger charge is -2.32. The summed E-state index contributed by atoms with van der Waals surface area (Å²) in [5.74, 6) is -0.419. The Morgan fingerprint density at radius 1 is 1.17 bits per heavy atom. The van der Waals surface area contributed by atoms with Crippen LogP contribution in [0.4, 0.5) is 4.39 Å². The fourth-order valence-corrected chi connectivity index (χ4v) is 5.60. The first-order valence-corrected chi connectivity index (χ1v) is 12.0. The quantitative estimate of drug-likeness (QED) is 0.779. The number of benzene rings is 1. The Morgan fingerprint density at radius 2 is 1.93 bits per heavy atom. The number of sulfonamides is 1. The van der Waals surface area contributed by atoms with Crippen molar-refractivity contribution in [1.82, 2.24) is 9.62 Å². The Hall–Kier alpha value is -1.71. The van der Waals surface area contributed by atoms with Crippen LogP contribution in [0, 0.1) is 5.82 Å². The molecule has 1 saturated carbocycles. The monoisotopic (exact) mass is 426 g/mol. The van der Waals surface area contributed by atoms with Crippen LogP contribution in [-0.4, -0.2) is 63.4 Å². The van der Waals surface area contributed by atoms with Gasteiger partial charge in [0.2, 0.25) is 10.0 Å². The molecule has 4 aliphatic rings. The Labute approximate surface area is 170 Å². The van der Waals surface area contributed by atoms with Gasteiger partial charge in [-0.25, -0.2) is 17.5 Å². The van der Waals surface area contributed by atoms with Gasteiger partial charge in [0.1, 0.15) is 0 Å². The number of amides is 1. The van der Waals surface area contributed by atoms with Crippen LogP contribution in [0.25, 0.3) is 0 Å². The lowest BCUT2D eigenvalue weighted by molar-refractivity contribution is -0.136. The molecular formula is C20H27FN2O5S. The van der Waals surface area contributed by atoms with Crippen molar-refractivity contribution < 1.29 is 27.1 Å². The number of rotatable bonds is 2. The van der Waals surface area contributed by atoms with E-state index in [1.54, 1.807) is 11.0 Å². The van der Waals surface area contributed by atoms with E-state index in [1.165, 1.54) is 6.07 Å². The molecule has 2 fully saturated rings. The molecule has 5 rings (SSSR count). The van der Waals surface area contributed by atoms with Crippen molar-refractivity contribution in [3.8, 4) is 5.75 Å². The third-order valence-electron chi connectivity index (χ3n) is 6.19. The molecule has 3 heterocycles. The highest BCUT2D eigenvalue weighted by Crippen LogP contribution is 2.40. The molecule has 0 aromatic heterocycles. The van der Waals surface area contributed by atoms with Crippen molar-refractivity contribution in [2.24, 2.45) is 0 Å². The molecule has 3 aliphatic heterocycles. The zero-order valence-corrected chi connectivity index (χ0v) is 17.3. The molecule has 1 aliphatic carbocycles. The first-order chi connectivity index (χ1) is 13.8. The number of hydrogen-bond donors (Lipinski definition) is 1. The minimum absolute atomic E-state index is 0.0568. The number of fused-ring (bicyclic) bond motifs is 5. The number of para-hydroxylation sites is 1. The standard InChI is InChI=1S/C20H27FN2O5S/c1-29(25,26)22-17-9-10-23-18(17)11-27-14-7-5-13(6-8-14)15-3-2-4-16(21)20(15)28-12-19(23)24/h2-4,13-14,17-18,22H,5-12H2,1H3/t13?,14?,17-,18?/m0/s1. The summed E-state index contributed by atoms with van der Waals surface area (Å²) >= 11 is 0. The molecule has 7 nitrogen and oxygen atoms in total. The van der Waals surface area contributed by atoms with E-state index in [2.05, 4.69) is 4.72 Å². The van der Waals surface area contributed by atoms with Crippen LogP contribution in [-0.2, 0) is 19.6 Å². The van der Waals surface area contributed by atoms with E-state index in [1.807, 2.05) is 6.07 Å². The number of ether oxygens (including phenoxy) is 2. The number of nitrogens with one attached hydrogen (secondary N) is 1. The fraction of sp³-hybridized carbons (Fsp3) is 0.650. The van der Waals surface area contributed by atoms with Crippen LogP contribution in [0.2, 0.25) is 0 Å². The molecule has 1 N–H and O–H groups in total. The molecule has 2 bridgehead atoms. The predicted molar refractivity (Wildman–Crippen MR) is 105 cm³/mol. The Kier molecular flexibility index (Phi) is 5.81. The molecule has 1 aromatic rings. The average molecular weight is 427 g/mol. The highest BCUT2D eigenvalue weighted by molar-refractivity contribution is 7.88. The summed E-state index contributed by atoms with van der Waals surface area (Å²) in [6, 6.07) is 4.09. The second-order valence-electron chi connectivity index (χ2n) is 8.19. The molecule has 1 unspecified atom stereocenters. The molecule has 29 heavy (non-hydrogen) atoms. The van der Waals surface area contributed by atoms with E-state index in [-0.39, 0.29) is 36.9 Å². The summed E-state index contributed by atoms with van der Waals surface area (Å²) in [6.07, 6.45) is 5.07. The maximum Gasteiger partial charge on any atom is 0.260 e. The Balaban J connectivity index is 1.62. The zero-order valence-electron chi connectivity index (χ0n) is 16.5. The van der Waals surface area contributed by atoms with E-state index in [0.717, 1.165) is 37.5 Å². The van der Waals surface area contributed by atoms with Crippen LogP contribution in [0.1, 0.15) is 43.6 Å². The number of nitrogens with zero attached hydrogens (tertiary/aromatic N) is 1.